The van der Waals surface area contributed by atoms with E-state index in [2.05, 4.69) is 13.0 Å². The molecular weight excluding hydrogens is 266 g/mol. The zero-order valence-corrected chi connectivity index (χ0v) is 13.4. The van der Waals surface area contributed by atoms with Crippen LogP contribution in [0.15, 0.2) is 24.3 Å². The summed E-state index contributed by atoms with van der Waals surface area (Å²) < 4.78 is 0. The fraction of sp³-hybridized carbons (Fsp3) is 0.667. The van der Waals surface area contributed by atoms with Crippen LogP contribution in [0.1, 0.15) is 57.4 Å². The molecule has 0 radical (unpaired) electrons. The summed E-state index contributed by atoms with van der Waals surface area (Å²) in [5.74, 6) is 1.66. The second-order valence-corrected chi connectivity index (χ2v) is 6.86. The van der Waals surface area contributed by atoms with Crippen LogP contribution in [-0.2, 0) is 6.42 Å². The Kier molecular flexibility index (Phi) is 6.38. The molecule has 1 saturated carbocycles. The van der Waals surface area contributed by atoms with Crippen molar-refractivity contribution < 1.29 is 0 Å². The molecule has 2 N–H and O–H groups in total. The van der Waals surface area contributed by atoms with Gasteiger partial charge < -0.3 is 5.73 Å². The highest BCUT2D eigenvalue weighted by atomic mass is 35.5. The Morgan fingerprint density at radius 3 is 2.65 bits per heavy atom. The normalized spacial score (nSPS) is 24.6. The first-order valence-electron chi connectivity index (χ1n) is 8.19. The average Bonchev–Trinajstić information content (AvgIpc) is 2.45. The number of hydrogen-bond acceptors (Lipinski definition) is 1. The number of unbranched alkanes of at least 4 members (excludes halogenated alkanes) is 1. The Balaban J connectivity index is 1.78. The fourth-order valence-electron chi connectivity index (χ4n) is 3.50. The van der Waals surface area contributed by atoms with Crippen LogP contribution in [-0.4, -0.2) is 6.04 Å². The molecule has 1 fully saturated rings. The molecule has 1 nitrogen and oxygen atoms in total. The van der Waals surface area contributed by atoms with Gasteiger partial charge in [-0.1, -0.05) is 62.8 Å². The van der Waals surface area contributed by atoms with Gasteiger partial charge in [0.05, 0.1) is 0 Å². The smallest absolute Gasteiger partial charge is 0.0408 e. The molecule has 0 aliphatic heterocycles. The molecule has 0 amide bonds. The van der Waals surface area contributed by atoms with E-state index in [1.54, 1.807) is 0 Å². The van der Waals surface area contributed by atoms with Gasteiger partial charge in [0.15, 0.2) is 0 Å². The molecule has 0 saturated heterocycles. The van der Waals surface area contributed by atoms with E-state index in [9.17, 15) is 0 Å². The van der Waals surface area contributed by atoms with E-state index in [1.807, 2.05) is 18.2 Å². The lowest BCUT2D eigenvalue weighted by Gasteiger charge is -2.32. The molecule has 2 rings (SSSR count). The first-order valence-corrected chi connectivity index (χ1v) is 8.57. The van der Waals surface area contributed by atoms with Crippen LogP contribution >= 0.6 is 11.6 Å². The summed E-state index contributed by atoms with van der Waals surface area (Å²) in [5.41, 5.74) is 7.71. The topological polar surface area (TPSA) is 26.0 Å². The Labute approximate surface area is 128 Å². The maximum absolute atomic E-state index is 6.43. The summed E-state index contributed by atoms with van der Waals surface area (Å²) in [6.45, 7) is 2.28. The van der Waals surface area contributed by atoms with Crippen molar-refractivity contribution in [2.24, 2.45) is 17.6 Å². The number of halogens is 1. The molecule has 0 heterocycles. The van der Waals surface area contributed by atoms with Crippen molar-refractivity contribution in [2.45, 2.75) is 64.3 Å². The number of nitrogens with two attached hydrogens (primary N) is 1. The first-order chi connectivity index (χ1) is 9.69. The molecule has 0 aromatic heterocycles. The van der Waals surface area contributed by atoms with Crippen LogP contribution < -0.4 is 5.73 Å². The Morgan fingerprint density at radius 2 is 2.00 bits per heavy atom. The standard InChI is InChI=1S/C18H28ClN/c1-2-3-5-14-8-10-16(11-9-14)18(20)13-15-6-4-7-17(19)12-15/h4,6-7,12,14,16,18H,2-3,5,8-11,13,20H2,1H3. The van der Waals surface area contributed by atoms with Crippen LogP contribution in [0.5, 0.6) is 0 Å². The Morgan fingerprint density at radius 1 is 1.25 bits per heavy atom. The van der Waals surface area contributed by atoms with E-state index in [0.29, 0.717) is 12.0 Å². The molecule has 1 unspecified atom stereocenters. The van der Waals surface area contributed by atoms with Crippen molar-refractivity contribution in [1.29, 1.82) is 0 Å². The van der Waals surface area contributed by atoms with Gasteiger partial charge in [-0.2, -0.15) is 0 Å². The van der Waals surface area contributed by atoms with E-state index < -0.39 is 0 Å². The lowest BCUT2D eigenvalue weighted by atomic mass is 9.76. The minimum Gasteiger partial charge on any atom is -0.327 e. The molecule has 20 heavy (non-hydrogen) atoms. The second-order valence-electron chi connectivity index (χ2n) is 6.42. The third-order valence-electron chi connectivity index (χ3n) is 4.82. The summed E-state index contributed by atoms with van der Waals surface area (Å²) in [4.78, 5) is 0. The van der Waals surface area contributed by atoms with Crippen molar-refractivity contribution in [3.05, 3.63) is 34.9 Å². The first kappa shape index (κ1) is 15.9. The molecule has 2 heteroatoms. The molecule has 1 atom stereocenters. The zero-order valence-electron chi connectivity index (χ0n) is 12.7. The van der Waals surface area contributed by atoms with Crippen molar-refractivity contribution in [3.8, 4) is 0 Å². The highest BCUT2D eigenvalue weighted by molar-refractivity contribution is 6.30. The zero-order chi connectivity index (χ0) is 14.4. The third kappa shape index (κ3) is 4.79. The van der Waals surface area contributed by atoms with Gasteiger partial charge in [0.2, 0.25) is 0 Å². The summed E-state index contributed by atoms with van der Waals surface area (Å²) in [7, 11) is 0. The minimum absolute atomic E-state index is 0.292. The minimum atomic E-state index is 0.292. The SMILES string of the molecule is CCCCC1CCC(C(N)Cc2cccc(Cl)c2)CC1. The highest BCUT2D eigenvalue weighted by Gasteiger charge is 2.25. The molecule has 0 spiro atoms. The highest BCUT2D eigenvalue weighted by Crippen LogP contribution is 2.33. The largest absolute Gasteiger partial charge is 0.327 e. The molecule has 112 valence electrons. The Bertz CT molecular complexity index is 396. The van der Waals surface area contributed by atoms with E-state index in [-0.39, 0.29) is 0 Å². The van der Waals surface area contributed by atoms with Crippen molar-refractivity contribution in [1.82, 2.24) is 0 Å². The van der Waals surface area contributed by atoms with Crippen LogP contribution in [0.3, 0.4) is 0 Å². The number of benzene rings is 1. The van der Waals surface area contributed by atoms with E-state index >= 15 is 0 Å². The summed E-state index contributed by atoms with van der Waals surface area (Å²) in [5, 5.41) is 0.818. The lowest BCUT2D eigenvalue weighted by Crippen LogP contribution is -2.34. The van der Waals surface area contributed by atoms with Crippen LogP contribution in [0.2, 0.25) is 5.02 Å². The second kappa shape index (κ2) is 8.05. The fourth-order valence-corrected chi connectivity index (χ4v) is 3.71. The van der Waals surface area contributed by atoms with Gasteiger partial charge in [0.25, 0.3) is 0 Å². The van der Waals surface area contributed by atoms with Gasteiger partial charge in [-0.05, 0) is 48.8 Å². The maximum Gasteiger partial charge on any atom is 0.0408 e. The average molecular weight is 294 g/mol. The van der Waals surface area contributed by atoms with E-state index in [4.69, 9.17) is 17.3 Å². The molecule has 1 aromatic carbocycles. The Hall–Kier alpha value is -0.530. The van der Waals surface area contributed by atoms with Crippen molar-refractivity contribution in [2.75, 3.05) is 0 Å². The summed E-state index contributed by atoms with van der Waals surface area (Å²) in [6.07, 6.45) is 10.5. The third-order valence-corrected chi connectivity index (χ3v) is 5.06. The van der Waals surface area contributed by atoms with Crippen molar-refractivity contribution >= 4 is 11.6 Å². The molecule has 1 aliphatic carbocycles. The molecule has 0 bridgehead atoms. The summed E-state index contributed by atoms with van der Waals surface area (Å²) >= 11 is 6.04. The van der Waals surface area contributed by atoms with E-state index in [0.717, 1.165) is 17.4 Å². The maximum atomic E-state index is 6.43. The predicted molar refractivity (Wildman–Crippen MR) is 88.1 cm³/mol. The summed E-state index contributed by atoms with van der Waals surface area (Å²) in [6, 6.07) is 8.43. The lowest BCUT2D eigenvalue weighted by molar-refractivity contribution is 0.231. The van der Waals surface area contributed by atoms with Crippen LogP contribution in [0.25, 0.3) is 0 Å². The van der Waals surface area contributed by atoms with Crippen molar-refractivity contribution in [3.63, 3.8) is 0 Å². The molecular formula is C18H28ClN. The monoisotopic (exact) mass is 293 g/mol. The predicted octanol–water partition coefficient (Wildman–Crippen LogP) is 5.21. The van der Waals surface area contributed by atoms with Crippen LogP contribution in [0.4, 0.5) is 0 Å². The van der Waals surface area contributed by atoms with Gasteiger partial charge in [-0.15, -0.1) is 0 Å². The van der Waals surface area contributed by atoms with Gasteiger partial charge >= 0.3 is 0 Å². The van der Waals surface area contributed by atoms with E-state index in [1.165, 1.54) is 50.5 Å². The molecule has 1 aliphatic rings. The van der Waals surface area contributed by atoms with Gasteiger partial charge in [-0.3, -0.25) is 0 Å². The van der Waals surface area contributed by atoms with Gasteiger partial charge in [0.1, 0.15) is 0 Å². The quantitative estimate of drug-likeness (QED) is 0.766. The molecule has 1 aromatic rings. The number of rotatable bonds is 6. The van der Waals surface area contributed by atoms with Crippen LogP contribution in [0, 0.1) is 11.8 Å². The van der Waals surface area contributed by atoms with Gasteiger partial charge in [0, 0.05) is 11.1 Å². The number of hydrogen-bond donors (Lipinski definition) is 1. The van der Waals surface area contributed by atoms with Gasteiger partial charge in [-0.25, -0.2) is 0 Å².